The average Bonchev–Trinajstić information content (AvgIpc) is 3.50. The number of ketones is 1. The molecule has 278 valence electrons. The van der Waals surface area contributed by atoms with Crippen molar-refractivity contribution in [2.24, 2.45) is 5.73 Å². The Bertz CT molecular complexity index is 1660. The summed E-state index contributed by atoms with van der Waals surface area (Å²) >= 11 is 0.841. The van der Waals surface area contributed by atoms with E-state index >= 15 is 0 Å². The molecule has 1 saturated heterocycles. The van der Waals surface area contributed by atoms with Crippen molar-refractivity contribution in [2.45, 2.75) is 76.3 Å². The van der Waals surface area contributed by atoms with E-state index in [0.29, 0.717) is 51.5 Å². The van der Waals surface area contributed by atoms with Gasteiger partial charge in [0.25, 0.3) is 0 Å². The quantitative estimate of drug-likeness (QED) is 0.0997. The Hall–Kier alpha value is -4.41. The molecule has 2 atom stereocenters. The van der Waals surface area contributed by atoms with Gasteiger partial charge in [-0.1, -0.05) is 25.8 Å². The zero-order valence-electron chi connectivity index (χ0n) is 29.4. The lowest BCUT2D eigenvalue weighted by atomic mass is 10.1. The van der Waals surface area contributed by atoms with Crippen molar-refractivity contribution in [3.8, 4) is 5.75 Å². The largest absolute Gasteiger partial charge is 0.496 e. The summed E-state index contributed by atoms with van der Waals surface area (Å²) in [4.78, 5) is 60.8. The maximum atomic E-state index is 12.9. The predicted octanol–water partition coefficient (Wildman–Crippen LogP) is 3.04. The first-order chi connectivity index (χ1) is 24.5. The van der Waals surface area contributed by atoms with Crippen LogP contribution in [0.3, 0.4) is 0 Å². The molecule has 7 N–H and O–H groups in total. The number of fused-ring (bicyclic) bond motifs is 1. The van der Waals surface area contributed by atoms with Crippen LogP contribution in [0.15, 0.2) is 30.5 Å². The Labute approximate surface area is 302 Å². The zero-order valence-corrected chi connectivity index (χ0v) is 30.2. The van der Waals surface area contributed by atoms with E-state index in [0.717, 1.165) is 65.5 Å². The van der Waals surface area contributed by atoms with Gasteiger partial charge in [0.05, 0.1) is 19.2 Å². The van der Waals surface area contributed by atoms with Crippen LogP contribution in [0.5, 0.6) is 5.75 Å². The normalized spacial score (nSPS) is 14.7. The number of Topliss-reactive ketones (excluding diaryl/α,β-unsaturated/α-hetero) is 1. The second-order valence-electron chi connectivity index (χ2n) is 12.7. The van der Waals surface area contributed by atoms with Crippen LogP contribution in [-0.4, -0.2) is 115 Å². The van der Waals surface area contributed by atoms with Crippen LogP contribution in [-0.2, 0) is 32.3 Å². The molecule has 16 heteroatoms. The third-order valence-corrected chi connectivity index (χ3v) is 10.2. The number of ether oxygens (including phenoxy) is 1. The molecule has 3 aromatic rings. The Balaban J connectivity index is 1.27. The van der Waals surface area contributed by atoms with E-state index in [4.69, 9.17) is 21.3 Å². The number of nitrogen functional groups attached to an aromatic ring is 1. The number of nitrogens with one attached hydrogen (secondary N) is 1. The van der Waals surface area contributed by atoms with Crippen LogP contribution in [0.4, 0.5) is 11.8 Å². The monoisotopic (exact) mass is 726 g/mol. The number of amides is 1. The van der Waals surface area contributed by atoms with Crippen molar-refractivity contribution >= 4 is 58.2 Å². The third kappa shape index (κ3) is 11.6. The first-order valence-corrected chi connectivity index (χ1v) is 18.4. The molecule has 1 amide bonds. The van der Waals surface area contributed by atoms with Crippen LogP contribution in [0.2, 0.25) is 0 Å². The van der Waals surface area contributed by atoms with Crippen LogP contribution < -0.4 is 21.5 Å². The van der Waals surface area contributed by atoms with Gasteiger partial charge in [0.2, 0.25) is 11.9 Å². The van der Waals surface area contributed by atoms with Crippen molar-refractivity contribution in [1.82, 2.24) is 24.3 Å². The molecule has 1 aromatic carbocycles. The van der Waals surface area contributed by atoms with E-state index in [1.165, 1.54) is 0 Å². The van der Waals surface area contributed by atoms with Crippen molar-refractivity contribution in [2.75, 3.05) is 56.6 Å². The Morgan fingerprint density at radius 3 is 2.45 bits per heavy atom. The van der Waals surface area contributed by atoms with Crippen molar-refractivity contribution < 1.29 is 34.1 Å². The van der Waals surface area contributed by atoms with E-state index in [-0.39, 0.29) is 42.7 Å². The summed E-state index contributed by atoms with van der Waals surface area (Å²) in [5.74, 6) is -1.12. The predicted molar refractivity (Wildman–Crippen MR) is 197 cm³/mol. The molecule has 1 aliphatic rings. The van der Waals surface area contributed by atoms with Crippen molar-refractivity contribution in [3.05, 3.63) is 41.6 Å². The fraction of sp³-hybridized carbons (Fsp3) is 0.543. The number of hydrogen-bond donors (Lipinski definition) is 5. The molecule has 0 spiro atoms. The SMILES string of the molecule is CCCCCNc1nc(N)nc2ccn(Cc3cc(CN4CCN(C(=O)CCCC(=O)C[C@@H](SC[C@H](N)C(=O)O)C(=O)O)CC4)ccc3OC)c12. The fourth-order valence-electron chi connectivity index (χ4n) is 6.02. The lowest BCUT2D eigenvalue weighted by molar-refractivity contribution is -0.139. The van der Waals surface area contributed by atoms with Gasteiger partial charge >= 0.3 is 11.9 Å². The van der Waals surface area contributed by atoms with E-state index in [2.05, 4.69) is 43.8 Å². The van der Waals surface area contributed by atoms with Gasteiger partial charge in [-0.05, 0) is 36.6 Å². The first-order valence-electron chi connectivity index (χ1n) is 17.4. The summed E-state index contributed by atoms with van der Waals surface area (Å²) in [6.45, 7) is 6.79. The van der Waals surface area contributed by atoms with Gasteiger partial charge in [0, 0.05) is 76.0 Å². The lowest BCUT2D eigenvalue weighted by Gasteiger charge is -2.35. The van der Waals surface area contributed by atoms with Gasteiger partial charge in [0.15, 0.2) is 5.82 Å². The molecular weight excluding hydrogens is 677 g/mol. The number of carboxylic acids is 2. The molecule has 3 heterocycles. The molecule has 2 aromatic heterocycles. The minimum atomic E-state index is -1.23. The van der Waals surface area contributed by atoms with E-state index in [9.17, 15) is 24.3 Å². The molecule has 0 aliphatic carbocycles. The number of nitrogens with two attached hydrogens (primary N) is 2. The molecule has 1 aliphatic heterocycles. The molecule has 1 fully saturated rings. The minimum absolute atomic E-state index is 0.0327. The number of aromatic nitrogens is 3. The Morgan fingerprint density at radius 1 is 1.00 bits per heavy atom. The number of carbonyl (C=O) groups is 4. The highest BCUT2D eigenvalue weighted by atomic mass is 32.2. The summed E-state index contributed by atoms with van der Waals surface area (Å²) in [7, 11) is 1.66. The van der Waals surface area contributed by atoms with Crippen molar-refractivity contribution in [1.29, 1.82) is 0 Å². The summed E-state index contributed by atoms with van der Waals surface area (Å²) in [6, 6.07) is 6.93. The van der Waals surface area contributed by atoms with Crippen LogP contribution >= 0.6 is 11.8 Å². The van der Waals surface area contributed by atoms with E-state index in [1.807, 2.05) is 23.2 Å². The highest BCUT2D eigenvalue weighted by molar-refractivity contribution is 8.00. The van der Waals surface area contributed by atoms with Gasteiger partial charge in [-0.25, -0.2) is 4.98 Å². The van der Waals surface area contributed by atoms with Gasteiger partial charge in [-0.15, -0.1) is 11.8 Å². The number of unbranched alkanes of at least 4 members (excludes halogenated alkanes) is 2. The number of aliphatic carboxylic acids is 2. The summed E-state index contributed by atoms with van der Waals surface area (Å²) in [5, 5.41) is 20.7. The molecule has 0 unspecified atom stereocenters. The van der Waals surface area contributed by atoms with Gasteiger partial charge in [0.1, 0.15) is 28.3 Å². The average molecular weight is 727 g/mol. The van der Waals surface area contributed by atoms with Crippen molar-refractivity contribution in [3.63, 3.8) is 0 Å². The number of rotatable bonds is 21. The highest BCUT2D eigenvalue weighted by Gasteiger charge is 2.25. The molecular formula is C35H50N8O7S. The zero-order chi connectivity index (χ0) is 36.9. The second-order valence-corrected chi connectivity index (χ2v) is 14.0. The minimum Gasteiger partial charge on any atom is -0.496 e. The molecule has 0 radical (unpaired) electrons. The summed E-state index contributed by atoms with van der Waals surface area (Å²) < 4.78 is 7.84. The molecule has 4 rings (SSSR count). The lowest BCUT2D eigenvalue weighted by Crippen LogP contribution is -2.48. The first kappa shape index (κ1) is 39.4. The van der Waals surface area contributed by atoms with Gasteiger partial charge < -0.3 is 41.2 Å². The number of methoxy groups -OCH3 is 1. The van der Waals surface area contributed by atoms with Gasteiger partial charge in [-0.2, -0.15) is 4.98 Å². The number of anilines is 2. The maximum Gasteiger partial charge on any atom is 0.321 e. The number of carbonyl (C=O) groups excluding carboxylic acids is 2. The van der Waals surface area contributed by atoms with E-state index in [1.54, 1.807) is 7.11 Å². The number of nitrogens with zero attached hydrogens (tertiary/aromatic N) is 5. The number of thioether (sulfide) groups is 1. The summed E-state index contributed by atoms with van der Waals surface area (Å²) in [6.07, 6.45) is 5.64. The van der Waals surface area contributed by atoms with Crippen LogP contribution in [0, 0.1) is 0 Å². The highest BCUT2D eigenvalue weighted by Crippen LogP contribution is 2.28. The summed E-state index contributed by atoms with van der Waals surface area (Å²) in [5.41, 5.74) is 15.3. The van der Waals surface area contributed by atoms with E-state index < -0.39 is 23.2 Å². The molecule has 15 nitrogen and oxygen atoms in total. The maximum absolute atomic E-state index is 12.9. The van der Waals surface area contributed by atoms with Gasteiger partial charge in [-0.3, -0.25) is 24.1 Å². The Morgan fingerprint density at radius 2 is 1.76 bits per heavy atom. The second kappa shape index (κ2) is 19.3. The topological polar surface area (TPSA) is 219 Å². The Kier molecular flexibility index (Phi) is 14.9. The molecule has 51 heavy (non-hydrogen) atoms. The van der Waals surface area contributed by atoms with Crippen LogP contribution in [0.1, 0.15) is 63.0 Å². The number of carboxylic acid groups (broad SMARTS) is 2. The number of piperazine rings is 1. The molecule has 0 bridgehead atoms. The fourth-order valence-corrected chi connectivity index (χ4v) is 7.05. The van der Waals surface area contributed by atoms with Crippen LogP contribution in [0.25, 0.3) is 11.0 Å². The standard InChI is InChI=1S/C35H50N8O7S/c1-3-4-5-12-38-32-31-27(39-35(37)40-32)11-13-43(31)21-24-18-23(9-10-28(24)50-2)20-41-14-16-42(17-15-41)30(45)8-6-7-25(44)19-29(34(48)49)51-22-26(36)33(46)47/h9-11,13,18,26,29H,3-8,12,14-17,19-22,36H2,1-2H3,(H,46,47)(H,48,49)(H3,37,38,39,40)/t26-,29+/m0/s1. The number of hydrogen-bond acceptors (Lipinski definition) is 12. The third-order valence-electron chi connectivity index (χ3n) is 8.85. The molecule has 0 saturated carbocycles. The smallest absolute Gasteiger partial charge is 0.321 e. The number of benzene rings is 1.